The Balaban J connectivity index is 1.48. The number of carbonyl (C=O) groups excluding carboxylic acids is 1. The predicted octanol–water partition coefficient (Wildman–Crippen LogP) is 4.29. The lowest BCUT2D eigenvalue weighted by Gasteiger charge is -2.08. The summed E-state index contributed by atoms with van der Waals surface area (Å²) in [6, 6.07) is 16.5. The second-order valence-electron chi connectivity index (χ2n) is 6.02. The minimum Gasteiger partial charge on any atom is -0.497 e. The number of hydrogen-bond donors (Lipinski definition) is 0. The van der Waals surface area contributed by atoms with Gasteiger partial charge in [-0.25, -0.2) is 0 Å². The standard InChI is InChI=1S/C22H17NO4/c1-25-17-4-2-16(3-5-17)14-26-18-6-7-19-20(13-18)27-21(22(19)24)12-15-8-10-23-11-9-15/h2-13H,14H2,1H3. The van der Waals surface area contributed by atoms with Crippen molar-refractivity contribution >= 4 is 11.9 Å². The van der Waals surface area contributed by atoms with Crippen molar-refractivity contribution in [1.29, 1.82) is 0 Å². The molecule has 0 aliphatic carbocycles. The number of allylic oxidation sites excluding steroid dienone is 1. The van der Waals surface area contributed by atoms with Crippen LogP contribution < -0.4 is 14.2 Å². The van der Waals surface area contributed by atoms with E-state index in [9.17, 15) is 4.79 Å². The largest absolute Gasteiger partial charge is 0.497 e. The molecule has 0 unspecified atom stereocenters. The number of fused-ring (bicyclic) bond motifs is 1. The van der Waals surface area contributed by atoms with Gasteiger partial charge in [-0.1, -0.05) is 12.1 Å². The normalized spacial score (nSPS) is 14.0. The van der Waals surface area contributed by atoms with Crippen molar-refractivity contribution in [2.45, 2.75) is 6.61 Å². The fourth-order valence-electron chi connectivity index (χ4n) is 2.76. The molecule has 2 heterocycles. The van der Waals surface area contributed by atoms with Crippen LogP contribution in [0.4, 0.5) is 0 Å². The topological polar surface area (TPSA) is 57.6 Å². The summed E-state index contributed by atoms with van der Waals surface area (Å²) in [7, 11) is 1.63. The molecule has 4 rings (SSSR count). The second-order valence-corrected chi connectivity index (χ2v) is 6.02. The van der Waals surface area contributed by atoms with Gasteiger partial charge in [-0.2, -0.15) is 0 Å². The Labute approximate surface area is 156 Å². The number of ketones is 1. The average Bonchev–Trinajstić information content (AvgIpc) is 3.02. The first-order valence-corrected chi connectivity index (χ1v) is 8.47. The Bertz CT molecular complexity index is 995. The van der Waals surface area contributed by atoms with E-state index in [0.717, 1.165) is 16.9 Å². The Kier molecular flexibility index (Phi) is 4.58. The van der Waals surface area contributed by atoms with Crippen LogP contribution >= 0.6 is 0 Å². The molecule has 0 N–H and O–H groups in total. The number of rotatable bonds is 5. The van der Waals surface area contributed by atoms with Crippen LogP contribution in [0.5, 0.6) is 17.2 Å². The number of nitrogens with zero attached hydrogens (tertiary/aromatic N) is 1. The molecule has 1 aromatic heterocycles. The highest BCUT2D eigenvalue weighted by molar-refractivity contribution is 6.14. The number of methoxy groups -OCH3 is 1. The number of hydrogen-bond acceptors (Lipinski definition) is 5. The van der Waals surface area contributed by atoms with E-state index >= 15 is 0 Å². The van der Waals surface area contributed by atoms with E-state index in [4.69, 9.17) is 14.2 Å². The zero-order valence-electron chi connectivity index (χ0n) is 14.7. The molecule has 0 fully saturated rings. The molecule has 134 valence electrons. The summed E-state index contributed by atoms with van der Waals surface area (Å²) in [5.74, 6) is 2.11. The van der Waals surface area contributed by atoms with Gasteiger partial charge in [0.2, 0.25) is 5.78 Å². The zero-order valence-corrected chi connectivity index (χ0v) is 14.7. The van der Waals surface area contributed by atoms with Crippen molar-refractivity contribution in [3.8, 4) is 17.2 Å². The Morgan fingerprint density at radius 3 is 2.48 bits per heavy atom. The maximum absolute atomic E-state index is 12.5. The van der Waals surface area contributed by atoms with Crippen LogP contribution in [-0.4, -0.2) is 17.9 Å². The Hall–Kier alpha value is -3.60. The van der Waals surface area contributed by atoms with Crippen LogP contribution in [0.2, 0.25) is 0 Å². The maximum Gasteiger partial charge on any atom is 0.231 e. The molecule has 0 amide bonds. The molecule has 1 aliphatic heterocycles. The molecule has 0 saturated carbocycles. The second kappa shape index (κ2) is 7.33. The first kappa shape index (κ1) is 16.8. The average molecular weight is 359 g/mol. The van der Waals surface area contributed by atoms with Crippen LogP contribution in [-0.2, 0) is 6.61 Å². The molecule has 0 saturated heterocycles. The molecule has 5 nitrogen and oxygen atoms in total. The molecule has 2 aromatic carbocycles. The first-order valence-electron chi connectivity index (χ1n) is 8.47. The first-order chi connectivity index (χ1) is 13.2. The van der Waals surface area contributed by atoms with E-state index < -0.39 is 0 Å². The quantitative estimate of drug-likeness (QED) is 0.636. The molecule has 0 radical (unpaired) electrons. The lowest BCUT2D eigenvalue weighted by atomic mass is 10.1. The molecular formula is C22H17NO4. The van der Waals surface area contributed by atoms with Gasteiger partial charge in [-0.05, 0) is 53.6 Å². The predicted molar refractivity (Wildman–Crippen MR) is 101 cm³/mol. The van der Waals surface area contributed by atoms with E-state index in [0.29, 0.717) is 29.4 Å². The lowest BCUT2D eigenvalue weighted by Crippen LogP contribution is -1.98. The van der Waals surface area contributed by atoms with Crippen molar-refractivity contribution in [1.82, 2.24) is 4.98 Å². The molecule has 5 heteroatoms. The monoisotopic (exact) mass is 359 g/mol. The number of carbonyl (C=O) groups is 1. The van der Waals surface area contributed by atoms with E-state index in [1.807, 2.05) is 36.4 Å². The molecule has 27 heavy (non-hydrogen) atoms. The Morgan fingerprint density at radius 2 is 1.74 bits per heavy atom. The zero-order chi connectivity index (χ0) is 18.6. The number of Topliss-reactive ketones (excluding diaryl/α,β-unsaturated/α-hetero) is 1. The van der Waals surface area contributed by atoms with Gasteiger partial charge < -0.3 is 14.2 Å². The van der Waals surface area contributed by atoms with E-state index in [-0.39, 0.29) is 5.78 Å². The SMILES string of the molecule is COc1ccc(COc2ccc3c(c2)OC(=Cc2ccncc2)C3=O)cc1. The third-order valence-electron chi connectivity index (χ3n) is 4.21. The van der Waals surface area contributed by atoms with Crippen molar-refractivity contribution in [2.24, 2.45) is 0 Å². The summed E-state index contributed by atoms with van der Waals surface area (Å²) in [5.41, 5.74) is 2.41. The maximum atomic E-state index is 12.5. The van der Waals surface area contributed by atoms with Crippen molar-refractivity contribution in [3.63, 3.8) is 0 Å². The van der Waals surface area contributed by atoms with Crippen LogP contribution in [0.3, 0.4) is 0 Å². The van der Waals surface area contributed by atoms with Gasteiger partial charge in [0.05, 0.1) is 12.7 Å². The fourth-order valence-corrected chi connectivity index (χ4v) is 2.76. The third-order valence-corrected chi connectivity index (χ3v) is 4.21. The molecule has 3 aromatic rings. The summed E-state index contributed by atoms with van der Waals surface area (Å²) in [6.07, 6.45) is 5.05. The van der Waals surface area contributed by atoms with Gasteiger partial charge >= 0.3 is 0 Å². The van der Waals surface area contributed by atoms with Crippen LogP contribution in [0, 0.1) is 0 Å². The highest BCUT2D eigenvalue weighted by atomic mass is 16.5. The van der Waals surface area contributed by atoms with Gasteiger partial charge in [0.25, 0.3) is 0 Å². The van der Waals surface area contributed by atoms with Crippen LogP contribution in [0.15, 0.2) is 72.8 Å². The van der Waals surface area contributed by atoms with Gasteiger partial charge in [0, 0.05) is 18.5 Å². The number of benzene rings is 2. The minimum absolute atomic E-state index is 0.136. The summed E-state index contributed by atoms with van der Waals surface area (Å²) in [6.45, 7) is 0.413. The lowest BCUT2D eigenvalue weighted by molar-refractivity contribution is 0.101. The number of aromatic nitrogens is 1. The van der Waals surface area contributed by atoms with E-state index in [1.54, 1.807) is 43.8 Å². The molecule has 0 spiro atoms. The van der Waals surface area contributed by atoms with E-state index in [1.165, 1.54) is 0 Å². The molecular weight excluding hydrogens is 342 g/mol. The van der Waals surface area contributed by atoms with E-state index in [2.05, 4.69) is 4.98 Å². The van der Waals surface area contributed by atoms with Gasteiger partial charge in [0.15, 0.2) is 5.76 Å². The smallest absolute Gasteiger partial charge is 0.231 e. The minimum atomic E-state index is -0.136. The summed E-state index contributed by atoms with van der Waals surface area (Å²) in [4.78, 5) is 16.5. The highest BCUT2D eigenvalue weighted by Gasteiger charge is 2.27. The summed E-state index contributed by atoms with van der Waals surface area (Å²) < 4.78 is 16.7. The van der Waals surface area contributed by atoms with Crippen LogP contribution in [0.1, 0.15) is 21.5 Å². The fraction of sp³-hybridized carbons (Fsp3) is 0.0909. The highest BCUT2D eigenvalue weighted by Crippen LogP contribution is 2.35. The third kappa shape index (κ3) is 3.67. The molecule has 0 atom stereocenters. The van der Waals surface area contributed by atoms with Gasteiger partial charge in [-0.3, -0.25) is 9.78 Å². The summed E-state index contributed by atoms with van der Waals surface area (Å²) >= 11 is 0. The summed E-state index contributed by atoms with van der Waals surface area (Å²) in [5, 5.41) is 0. The van der Waals surface area contributed by atoms with Crippen LogP contribution in [0.25, 0.3) is 6.08 Å². The van der Waals surface area contributed by atoms with Crippen molar-refractivity contribution in [2.75, 3.05) is 7.11 Å². The van der Waals surface area contributed by atoms with Gasteiger partial charge in [0.1, 0.15) is 23.9 Å². The Morgan fingerprint density at radius 1 is 1.00 bits per heavy atom. The van der Waals surface area contributed by atoms with Crippen molar-refractivity contribution in [3.05, 3.63) is 89.4 Å². The molecule has 1 aliphatic rings. The van der Waals surface area contributed by atoms with Crippen molar-refractivity contribution < 1.29 is 19.0 Å². The van der Waals surface area contributed by atoms with Gasteiger partial charge in [-0.15, -0.1) is 0 Å². The molecule has 0 bridgehead atoms. The number of pyridine rings is 1. The number of ether oxygens (including phenoxy) is 3.